The van der Waals surface area contributed by atoms with E-state index in [0.29, 0.717) is 75.1 Å². The van der Waals surface area contributed by atoms with Crippen molar-refractivity contribution in [2.75, 3.05) is 39.6 Å². The highest BCUT2D eigenvalue weighted by Gasteiger charge is 2.24. The minimum absolute atomic E-state index is 0.179. The molecule has 56 heavy (non-hydrogen) atoms. The molecule has 6 nitrogen and oxygen atoms in total. The van der Waals surface area contributed by atoms with E-state index in [1.54, 1.807) is 0 Å². The predicted molar refractivity (Wildman–Crippen MR) is 226 cm³/mol. The number of benzene rings is 8. The first-order valence-electron chi connectivity index (χ1n) is 19.1. The average molecular weight is 739 g/mol. The molecule has 0 aliphatic carbocycles. The molecular weight excluding hydrogens is 697 g/mol. The van der Waals surface area contributed by atoms with Crippen LogP contribution in [-0.4, -0.2) is 49.9 Å². The molecular formula is C50H42O6. The Bertz CT molecular complexity index is 2580. The van der Waals surface area contributed by atoms with Crippen LogP contribution in [0.15, 0.2) is 146 Å². The van der Waals surface area contributed by atoms with Gasteiger partial charge in [0.25, 0.3) is 0 Å². The van der Waals surface area contributed by atoms with Crippen LogP contribution in [0.2, 0.25) is 0 Å². The standard InChI is InChI=1S/C50H42O6/c1-32-28-37-30-35-12-4-8-16-41(35)47(49(37)51)45-39-14-6-2-10-33(39)18-20-43(45)55-26-24-53-22-23-54-25-27-56-44-21-19-34-11-3-7-15-40(34)46(44)48-42-17-9-5-13-36(42)31-38(29-32)50(48)52/h2-21,30-31,51-52H,1,22-29H2. The van der Waals surface area contributed by atoms with Crippen molar-refractivity contribution < 1.29 is 29.2 Å². The van der Waals surface area contributed by atoms with Crippen molar-refractivity contribution in [2.45, 2.75) is 12.8 Å². The fraction of sp³-hybridized carbons (Fsp3) is 0.160. The first kappa shape index (κ1) is 35.4. The van der Waals surface area contributed by atoms with Gasteiger partial charge in [0.15, 0.2) is 0 Å². The maximum absolute atomic E-state index is 12.4. The van der Waals surface area contributed by atoms with Crippen molar-refractivity contribution >= 4 is 43.1 Å². The van der Waals surface area contributed by atoms with Gasteiger partial charge in [-0.15, -0.1) is 0 Å². The molecule has 278 valence electrons. The smallest absolute Gasteiger partial charge is 0.128 e. The first-order valence-corrected chi connectivity index (χ1v) is 19.1. The van der Waals surface area contributed by atoms with Crippen LogP contribution >= 0.6 is 0 Å². The van der Waals surface area contributed by atoms with Gasteiger partial charge in [0.2, 0.25) is 0 Å². The quantitative estimate of drug-likeness (QED) is 0.151. The Morgan fingerprint density at radius 2 is 0.750 bits per heavy atom. The van der Waals surface area contributed by atoms with Gasteiger partial charge >= 0.3 is 0 Å². The molecule has 8 aromatic carbocycles. The number of ether oxygens (including phenoxy) is 4. The van der Waals surface area contributed by atoms with E-state index in [4.69, 9.17) is 18.9 Å². The molecule has 0 fully saturated rings. The van der Waals surface area contributed by atoms with Gasteiger partial charge in [-0.25, -0.2) is 0 Å². The van der Waals surface area contributed by atoms with Crippen molar-refractivity contribution in [3.8, 4) is 45.3 Å². The molecule has 0 aromatic heterocycles. The van der Waals surface area contributed by atoms with Gasteiger partial charge in [0.05, 0.1) is 26.4 Å². The number of rotatable bonds is 0. The van der Waals surface area contributed by atoms with Crippen LogP contribution in [-0.2, 0) is 22.3 Å². The molecule has 1 aliphatic heterocycles. The number of phenols is 2. The number of fused-ring (bicyclic) bond motifs is 16. The molecule has 4 bridgehead atoms. The van der Waals surface area contributed by atoms with Gasteiger partial charge in [-0.3, -0.25) is 0 Å². The summed E-state index contributed by atoms with van der Waals surface area (Å²) in [6.45, 7) is 6.73. The average Bonchev–Trinajstić information content (AvgIpc) is 3.22. The van der Waals surface area contributed by atoms with Crippen LogP contribution in [0, 0.1) is 0 Å². The predicted octanol–water partition coefficient (Wildman–Crippen LogP) is 11.2. The Labute approximate surface area is 325 Å². The molecule has 2 N–H and O–H groups in total. The molecule has 6 heteroatoms. The number of hydrogen-bond donors (Lipinski definition) is 2. The minimum atomic E-state index is 0.179. The van der Waals surface area contributed by atoms with Crippen LogP contribution in [0.4, 0.5) is 0 Å². The van der Waals surface area contributed by atoms with Gasteiger partial charge < -0.3 is 29.2 Å². The number of hydrogen-bond acceptors (Lipinski definition) is 6. The molecule has 0 saturated carbocycles. The summed E-state index contributed by atoms with van der Waals surface area (Å²) in [5, 5.41) is 32.6. The monoisotopic (exact) mass is 738 g/mol. The summed E-state index contributed by atoms with van der Waals surface area (Å²) >= 11 is 0. The summed E-state index contributed by atoms with van der Waals surface area (Å²) in [7, 11) is 0. The van der Waals surface area contributed by atoms with Gasteiger partial charge in [-0.2, -0.15) is 0 Å². The second-order valence-electron chi connectivity index (χ2n) is 14.3. The van der Waals surface area contributed by atoms with Crippen molar-refractivity contribution in [3.05, 3.63) is 157 Å². The number of phenolic OH excluding ortho intramolecular Hbond substituents is 2. The van der Waals surface area contributed by atoms with E-state index < -0.39 is 0 Å². The van der Waals surface area contributed by atoms with E-state index in [1.807, 2.05) is 97.1 Å². The lowest BCUT2D eigenvalue weighted by atomic mass is 9.87. The molecule has 0 atom stereocenters. The number of aromatic hydroxyl groups is 2. The van der Waals surface area contributed by atoms with E-state index in [1.165, 1.54) is 0 Å². The maximum Gasteiger partial charge on any atom is 0.128 e. The van der Waals surface area contributed by atoms with E-state index in [0.717, 1.165) is 70.9 Å². The highest BCUT2D eigenvalue weighted by atomic mass is 16.6. The van der Waals surface area contributed by atoms with Crippen molar-refractivity contribution in [2.24, 2.45) is 0 Å². The Morgan fingerprint density at radius 3 is 1.18 bits per heavy atom. The van der Waals surface area contributed by atoms with Crippen LogP contribution in [0.3, 0.4) is 0 Å². The summed E-state index contributed by atoms with van der Waals surface area (Å²) in [6, 6.07) is 44.8. The highest BCUT2D eigenvalue weighted by molar-refractivity contribution is 6.11. The van der Waals surface area contributed by atoms with Crippen LogP contribution in [0.5, 0.6) is 23.0 Å². The first-order chi connectivity index (χ1) is 27.5. The maximum atomic E-state index is 12.4. The second-order valence-corrected chi connectivity index (χ2v) is 14.3. The molecule has 0 spiro atoms. The van der Waals surface area contributed by atoms with Crippen LogP contribution in [0.1, 0.15) is 11.1 Å². The van der Waals surface area contributed by atoms with Gasteiger partial charge in [-0.1, -0.05) is 121 Å². The highest BCUT2D eigenvalue weighted by Crippen LogP contribution is 2.49. The zero-order valence-corrected chi connectivity index (χ0v) is 31.1. The van der Waals surface area contributed by atoms with Crippen LogP contribution in [0.25, 0.3) is 65.3 Å². The van der Waals surface area contributed by atoms with Crippen molar-refractivity contribution in [1.29, 1.82) is 0 Å². The molecule has 0 unspecified atom stereocenters. The molecule has 0 saturated heterocycles. The fourth-order valence-corrected chi connectivity index (χ4v) is 8.17. The Kier molecular flexibility index (Phi) is 9.74. The summed E-state index contributed by atoms with van der Waals surface area (Å²) in [4.78, 5) is 0. The normalized spacial score (nSPS) is 14.5. The topological polar surface area (TPSA) is 77.4 Å². The lowest BCUT2D eigenvalue weighted by molar-refractivity contribution is 0.0275. The summed E-state index contributed by atoms with van der Waals surface area (Å²) in [5.41, 5.74) is 5.41. The SMILES string of the molecule is C=C1Cc2cc3ccccc3c(c2O)-c2c(ccc3ccccc23)OCCOCCOCCOc2ccc3ccccc3c2-c2c(O)c(cc3ccccc23)C1. The third-order valence-electron chi connectivity index (χ3n) is 10.7. The third-order valence-corrected chi connectivity index (χ3v) is 10.7. The summed E-state index contributed by atoms with van der Waals surface area (Å²) in [6.07, 6.45) is 0.783. The zero-order chi connectivity index (χ0) is 38.0. The van der Waals surface area contributed by atoms with Crippen LogP contribution < -0.4 is 9.47 Å². The zero-order valence-electron chi connectivity index (χ0n) is 31.1. The molecule has 9 rings (SSSR count). The Morgan fingerprint density at radius 1 is 0.393 bits per heavy atom. The largest absolute Gasteiger partial charge is 0.507 e. The molecule has 1 heterocycles. The summed E-state index contributed by atoms with van der Waals surface area (Å²) < 4.78 is 24.7. The van der Waals surface area contributed by atoms with Gasteiger partial charge in [0.1, 0.15) is 36.2 Å². The van der Waals surface area contributed by atoms with Crippen molar-refractivity contribution in [1.82, 2.24) is 0 Å². The fourth-order valence-electron chi connectivity index (χ4n) is 8.17. The molecule has 8 aromatic rings. The molecule has 0 radical (unpaired) electrons. The van der Waals surface area contributed by atoms with E-state index in [-0.39, 0.29) is 11.5 Å². The lowest BCUT2D eigenvalue weighted by Gasteiger charge is -2.21. The van der Waals surface area contributed by atoms with E-state index in [2.05, 4.69) is 43.0 Å². The third kappa shape index (κ3) is 6.68. The molecule has 1 aliphatic rings. The van der Waals surface area contributed by atoms with Gasteiger partial charge in [-0.05, 0) is 91.3 Å². The number of allylic oxidation sites excluding steroid dienone is 1. The Hall–Kier alpha value is -6.34. The van der Waals surface area contributed by atoms with E-state index in [9.17, 15) is 10.2 Å². The van der Waals surface area contributed by atoms with E-state index >= 15 is 0 Å². The minimum Gasteiger partial charge on any atom is -0.507 e. The summed E-state index contributed by atoms with van der Waals surface area (Å²) in [5.74, 6) is 1.69. The van der Waals surface area contributed by atoms with Gasteiger partial charge in [0, 0.05) is 22.3 Å². The van der Waals surface area contributed by atoms with Crippen molar-refractivity contribution in [3.63, 3.8) is 0 Å². The second kappa shape index (κ2) is 15.4. The molecule has 0 amide bonds. The Balaban J connectivity index is 1.21. The lowest BCUT2D eigenvalue weighted by Crippen LogP contribution is -2.14.